The summed E-state index contributed by atoms with van der Waals surface area (Å²) in [6.45, 7) is 1.56. The molecule has 1 fully saturated rings. The van der Waals surface area contributed by atoms with Gasteiger partial charge in [-0.05, 0) is 6.92 Å². The van der Waals surface area contributed by atoms with Crippen LogP contribution in [-0.4, -0.2) is 39.9 Å². The molecule has 10 heavy (non-hydrogen) atoms. The number of hydrogen-bond donors (Lipinski definition) is 3. The number of rotatable bonds is 1. The Labute approximate surface area is 59.1 Å². The minimum Gasteiger partial charge on any atom is -0.391 e. The highest BCUT2D eigenvalue weighted by atomic mass is 16.6. The van der Waals surface area contributed by atoms with Crippen LogP contribution < -0.4 is 0 Å². The van der Waals surface area contributed by atoms with Crippen LogP contribution in [0, 0.1) is 0 Å². The third kappa shape index (κ3) is 1.46. The van der Waals surface area contributed by atoms with Crippen molar-refractivity contribution < 1.29 is 20.1 Å². The second kappa shape index (κ2) is 2.84. The number of aliphatic hydroxyl groups excluding tert-OH is 3. The molecule has 0 unspecified atom stereocenters. The van der Waals surface area contributed by atoms with E-state index in [2.05, 4.69) is 0 Å². The lowest BCUT2D eigenvalue weighted by atomic mass is 10.1. The summed E-state index contributed by atoms with van der Waals surface area (Å²) in [6.07, 6.45) is -2.73. The van der Waals surface area contributed by atoms with Crippen molar-refractivity contribution in [2.45, 2.75) is 37.9 Å². The summed E-state index contributed by atoms with van der Waals surface area (Å²) in [4.78, 5) is 0. The van der Waals surface area contributed by atoms with E-state index in [0.717, 1.165) is 0 Å². The molecule has 0 amide bonds. The van der Waals surface area contributed by atoms with Crippen molar-refractivity contribution in [3.63, 3.8) is 0 Å². The Bertz CT molecular complexity index is 104. The molecule has 0 bridgehead atoms. The van der Waals surface area contributed by atoms with E-state index in [1.165, 1.54) is 0 Å². The maximum atomic E-state index is 8.94. The van der Waals surface area contributed by atoms with Gasteiger partial charge in [-0.25, -0.2) is 0 Å². The van der Waals surface area contributed by atoms with Gasteiger partial charge in [0.25, 0.3) is 0 Å². The molecular weight excluding hydrogens is 136 g/mol. The third-order valence-corrected chi connectivity index (χ3v) is 1.66. The fourth-order valence-corrected chi connectivity index (χ4v) is 0.990. The van der Waals surface area contributed by atoms with Gasteiger partial charge in [0.1, 0.15) is 6.10 Å². The molecule has 1 aliphatic heterocycles. The Balaban J connectivity index is 2.41. The second-order valence-electron chi connectivity index (χ2n) is 2.61. The molecule has 0 aromatic heterocycles. The fourth-order valence-electron chi connectivity index (χ4n) is 0.990. The summed E-state index contributed by atoms with van der Waals surface area (Å²) in [5, 5.41) is 26.7. The van der Waals surface area contributed by atoms with Crippen LogP contribution in [0.3, 0.4) is 0 Å². The molecule has 0 saturated carbocycles. The van der Waals surface area contributed by atoms with Crippen molar-refractivity contribution >= 4 is 0 Å². The van der Waals surface area contributed by atoms with Gasteiger partial charge in [0.15, 0.2) is 6.29 Å². The van der Waals surface area contributed by atoms with Crippen LogP contribution in [-0.2, 0) is 4.74 Å². The Morgan fingerprint density at radius 3 is 2.30 bits per heavy atom. The van der Waals surface area contributed by atoms with E-state index in [4.69, 9.17) is 20.1 Å². The van der Waals surface area contributed by atoms with E-state index in [1.54, 1.807) is 6.92 Å². The molecular formula is C6H12O4. The molecule has 4 atom stereocenters. The molecule has 4 heteroatoms. The summed E-state index contributed by atoms with van der Waals surface area (Å²) in [7, 11) is 0. The minimum atomic E-state index is -1.13. The molecule has 0 aromatic carbocycles. The lowest BCUT2D eigenvalue weighted by Crippen LogP contribution is -2.22. The quantitative estimate of drug-likeness (QED) is 0.438. The molecule has 0 radical (unpaired) electrons. The fraction of sp³-hybridized carbons (Fsp3) is 1.00. The Morgan fingerprint density at radius 2 is 2.10 bits per heavy atom. The van der Waals surface area contributed by atoms with Crippen LogP contribution in [0.5, 0.6) is 0 Å². The van der Waals surface area contributed by atoms with Crippen LogP contribution in [0.25, 0.3) is 0 Å². The van der Waals surface area contributed by atoms with Crippen LogP contribution in [0.4, 0.5) is 0 Å². The van der Waals surface area contributed by atoms with Gasteiger partial charge in [-0.15, -0.1) is 0 Å². The molecule has 0 aliphatic carbocycles. The van der Waals surface area contributed by atoms with Crippen LogP contribution >= 0.6 is 0 Å². The van der Waals surface area contributed by atoms with Gasteiger partial charge < -0.3 is 20.1 Å². The average Bonchev–Trinajstić information content (AvgIpc) is 2.13. The van der Waals surface area contributed by atoms with E-state index < -0.39 is 24.6 Å². The zero-order chi connectivity index (χ0) is 7.72. The van der Waals surface area contributed by atoms with E-state index >= 15 is 0 Å². The van der Waals surface area contributed by atoms with Crippen molar-refractivity contribution in [2.24, 2.45) is 0 Å². The molecule has 1 saturated heterocycles. The summed E-state index contributed by atoms with van der Waals surface area (Å²) in [6, 6.07) is 0. The predicted octanol–water partition coefficient (Wildman–Crippen LogP) is -1.16. The van der Waals surface area contributed by atoms with Crippen molar-refractivity contribution in [2.75, 3.05) is 0 Å². The molecule has 3 N–H and O–H groups in total. The monoisotopic (exact) mass is 148 g/mol. The highest BCUT2D eigenvalue weighted by Gasteiger charge is 2.34. The van der Waals surface area contributed by atoms with Crippen molar-refractivity contribution in [3.05, 3.63) is 0 Å². The molecule has 1 aliphatic rings. The van der Waals surface area contributed by atoms with Gasteiger partial charge in [0.2, 0.25) is 0 Å². The first kappa shape index (κ1) is 7.94. The number of aliphatic hydroxyl groups is 3. The number of ether oxygens (including phenoxy) is 1. The lowest BCUT2D eigenvalue weighted by Gasteiger charge is -2.11. The first-order chi connectivity index (χ1) is 4.61. The molecule has 0 aromatic rings. The molecule has 1 rings (SSSR count). The van der Waals surface area contributed by atoms with Gasteiger partial charge in [-0.3, -0.25) is 0 Å². The summed E-state index contributed by atoms with van der Waals surface area (Å²) >= 11 is 0. The lowest BCUT2D eigenvalue weighted by molar-refractivity contribution is -0.143. The van der Waals surface area contributed by atoms with E-state index in [1.807, 2.05) is 0 Å². The smallest absolute Gasteiger partial charge is 0.181 e. The zero-order valence-corrected chi connectivity index (χ0v) is 5.77. The van der Waals surface area contributed by atoms with Crippen LogP contribution in [0.2, 0.25) is 0 Å². The highest BCUT2D eigenvalue weighted by Crippen LogP contribution is 2.20. The summed E-state index contributed by atoms with van der Waals surface area (Å²) < 4.78 is 4.79. The van der Waals surface area contributed by atoms with Gasteiger partial charge >= 0.3 is 0 Å². The van der Waals surface area contributed by atoms with Gasteiger partial charge in [-0.2, -0.15) is 0 Å². The largest absolute Gasteiger partial charge is 0.391 e. The standard InChI is InChI=1S/C6H12O4/c1-3(7)5-2-4(8)6(9)10-5/h3-9H,2H2,1H3/t3-,4-,5-,6+/m1/s1. The van der Waals surface area contributed by atoms with Crippen molar-refractivity contribution in [3.8, 4) is 0 Å². The Morgan fingerprint density at radius 1 is 1.50 bits per heavy atom. The maximum Gasteiger partial charge on any atom is 0.181 e. The van der Waals surface area contributed by atoms with Crippen molar-refractivity contribution in [1.29, 1.82) is 0 Å². The second-order valence-corrected chi connectivity index (χ2v) is 2.61. The molecule has 4 nitrogen and oxygen atoms in total. The van der Waals surface area contributed by atoms with Gasteiger partial charge in [0.05, 0.1) is 12.2 Å². The SMILES string of the molecule is C[C@@H](O)[C@H]1C[C@@H](O)[C@@H](O)O1. The normalized spacial score (nSPS) is 43.8. The average molecular weight is 148 g/mol. The van der Waals surface area contributed by atoms with Gasteiger partial charge in [0, 0.05) is 6.42 Å². The molecule has 1 heterocycles. The number of hydrogen-bond acceptors (Lipinski definition) is 4. The van der Waals surface area contributed by atoms with E-state index in [0.29, 0.717) is 6.42 Å². The van der Waals surface area contributed by atoms with Crippen LogP contribution in [0.15, 0.2) is 0 Å². The molecule has 60 valence electrons. The van der Waals surface area contributed by atoms with E-state index in [-0.39, 0.29) is 0 Å². The molecule has 0 spiro atoms. The van der Waals surface area contributed by atoms with Crippen LogP contribution in [0.1, 0.15) is 13.3 Å². The third-order valence-electron chi connectivity index (χ3n) is 1.66. The first-order valence-corrected chi connectivity index (χ1v) is 3.31. The van der Waals surface area contributed by atoms with Crippen molar-refractivity contribution in [1.82, 2.24) is 0 Å². The summed E-state index contributed by atoms with van der Waals surface area (Å²) in [5.74, 6) is 0. The Kier molecular flexibility index (Phi) is 2.25. The topological polar surface area (TPSA) is 69.9 Å². The predicted molar refractivity (Wildman–Crippen MR) is 33.2 cm³/mol. The highest BCUT2D eigenvalue weighted by molar-refractivity contribution is 4.78. The zero-order valence-electron chi connectivity index (χ0n) is 5.77. The summed E-state index contributed by atoms with van der Waals surface area (Å²) in [5.41, 5.74) is 0. The van der Waals surface area contributed by atoms with E-state index in [9.17, 15) is 0 Å². The minimum absolute atomic E-state index is 0.304. The maximum absolute atomic E-state index is 8.94. The Hall–Kier alpha value is -0.160. The van der Waals surface area contributed by atoms with Gasteiger partial charge in [-0.1, -0.05) is 0 Å². The first-order valence-electron chi connectivity index (χ1n) is 3.31.